The van der Waals surface area contributed by atoms with Crippen LogP contribution in [0.4, 0.5) is 0 Å². The third kappa shape index (κ3) is 4.31. The average molecular weight is 282 g/mol. The van der Waals surface area contributed by atoms with Gasteiger partial charge in [-0.15, -0.1) is 0 Å². The van der Waals surface area contributed by atoms with Crippen molar-refractivity contribution >= 4 is 5.91 Å². The molecule has 0 fully saturated rings. The van der Waals surface area contributed by atoms with Crippen LogP contribution < -0.4 is 25.7 Å². The molecule has 0 saturated carbocycles. The maximum absolute atomic E-state index is 10.8. The lowest BCUT2D eigenvalue weighted by Gasteiger charge is -2.16. The van der Waals surface area contributed by atoms with E-state index >= 15 is 0 Å². The lowest BCUT2D eigenvalue weighted by Crippen LogP contribution is -2.22. The Bertz CT molecular complexity index is 437. The maximum Gasteiger partial charge on any atom is 0.255 e. The molecule has 0 aliphatic carbocycles. The molecule has 0 aliphatic rings. The molecule has 0 saturated heterocycles. The van der Waals surface area contributed by atoms with Crippen LogP contribution in [0, 0.1) is 0 Å². The second kappa shape index (κ2) is 7.59. The lowest BCUT2D eigenvalue weighted by atomic mass is 10.0. The van der Waals surface area contributed by atoms with Gasteiger partial charge in [0.15, 0.2) is 18.1 Å². The third-order valence-corrected chi connectivity index (χ3v) is 2.90. The Morgan fingerprint density at radius 2 is 1.80 bits per heavy atom. The Labute approximate surface area is 119 Å². The number of ether oxygens (including phenoxy) is 3. The number of benzene rings is 1. The van der Waals surface area contributed by atoms with E-state index in [0.29, 0.717) is 23.7 Å². The lowest BCUT2D eigenvalue weighted by molar-refractivity contribution is -0.119. The molecule has 1 amide bonds. The normalized spacial score (nSPS) is 11.8. The van der Waals surface area contributed by atoms with Crippen molar-refractivity contribution in [1.29, 1.82) is 0 Å². The van der Waals surface area contributed by atoms with E-state index in [4.69, 9.17) is 25.7 Å². The van der Waals surface area contributed by atoms with E-state index in [-0.39, 0.29) is 12.6 Å². The highest BCUT2D eigenvalue weighted by Gasteiger charge is 2.16. The minimum atomic E-state index is -0.564. The average Bonchev–Trinajstić information content (AvgIpc) is 2.44. The zero-order valence-electron chi connectivity index (χ0n) is 12.1. The van der Waals surface area contributed by atoms with Crippen LogP contribution in [-0.2, 0) is 11.2 Å². The van der Waals surface area contributed by atoms with Gasteiger partial charge in [-0.1, -0.05) is 6.92 Å². The van der Waals surface area contributed by atoms with E-state index in [1.54, 1.807) is 0 Å². The minimum absolute atomic E-state index is 0.0711. The molecule has 0 radical (unpaired) electrons. The second-order valence-corrected chi connectivity index (χ2v) is 4.46. The van der Waals surface area contributed by atoms with Crippen LogP contribution in [0.2, 0.25) is 0 Å². The smallest absolute Gasteiger partial charge is 0.255 e. The molecule has 1 rings (SSSR count). The van der Waals surface area contributed by atoms with Gasteiger partial charge in [0.25, 0.3) is 5.91 Å². The van der Waals surface area contributed by atoms with E-state index in [2.05, 4.69) is 0 Å². The summed E-state index contributed by atoms with van der Waals surface area (Å²) < 4.78 is 15.9. The van der Waals surface area contributed by atoms with Gasteiger partial charge in [-0.05, 0) is 30.5 Å². The molecule has 6 nitrogen and oxygen atoms in total. The molecule has 0 spiro atoms. The van der Waals surface area contributed by atoms with Gasteiger partial charge in [0.05, 0.1) is 14.2 Å². The summed E-state index contributed by atoms with van der Waals surface area (Å²) in [6.45, 7) is 1.80. The van der Waals surface area contributed by atoms with Crippen LogP contribution in [0.5, 0.6) is 17.2 Å². The number of hydrogen-bond donors (Lipinski definition) is 2. The van der Waals surface area contributed by atoms with Crippen LogP contribution >= 0.6 is 0 Å². The Hall–Kier alpha value is -1.95. The Morgan fingerprint density at radius 1 is 1.25 bits per heavy atom. The number of hydrogen-bond acceptors (Lipinski definition) is 5. The molecular weight excluding hydrogens is 260 g/mol. The summed E-state index contributed by atoms with van der Waals surface area (Å²) in [5.41, 5.74) is 12.0. The van der Waals surface area contributed by atoms with Crippen LogP contribution in [0.25, 0.3) is 0 Å². The van der Waals surface area contributed by atoms with Crippen molar-refractivity contribution in [1.82, 2.24) is 0 Å². The number of primary amides is 1. The van der Waals surface area contributed by atoms with Crippen molar-refractivity contribution in [3.63, 3.8) is 0 Å². The van der Waals surface area contributed by atoms with Gasteiger partial charge in [0.2, 0.25) is 5.75 Å². The largest absolute Gasteiger partial charge is 0.493 e. The predicted octanol–water partition coefficient (Wildman–Crippen LogP) is 0.848. The number of amides is 1. The summed E-state index contributed by atoms with van der Waals surface area (Å²) in [5.74, 6) is 0.779. The fourth-order valence-electron chi connectivity index (χ4n) is 1.78. The van der Waals surface area contributed by atoms with Crippen molar-refractivity contribution in [2.24, 2.45) is 11.5 Å². The number of nitrogens with two attached hydrogens (primary N) is 2. The van der Waals surface area contributed by atoms with E-state index in [1.165, 1.54) is 14.2 Å². The molecule has 0 aliphatic heterocycles. The molecule has 20 heavy (non-hydrogen) atoms. The monoisotopic (exact) mass is 282 g/mol. The Balaban J connectivity index is 3.07. The van der Waals surface area contributed by atoms with Crippen LogP contribution in [0.3, 0.4) is 0 Å². The quantitative estimate of drug-likeness (QED) is 0.736. The van der Waals surface area contributed by atoms with Crippen molar-refractivity contribution in [3.8, 4) is 17.2 Å². The number of rotatable bonds is 8. The number of carbonyl (C=O) groups excluding carboxylic acids is 1. The Morgan fingerprint density at radius 3 is 2.20 bits per heavy atom. The van der Waals surface area contributed by atoms with Gasteiger partial charge in [0.1, 0.15) is 0 Å². The van der Waals surface area contributed by atoms with Crippen LogP contribution in [0.15, 0.2) is 12.1 Å². The van der Waals surface area contributed by atoms with Crippen LogP contribution in [-0.4, -0.2) is 32.8 Å². The summed E-state index contributed by atoms with van der Waals surface area (Å²) in [7, 11) is 3.05. The molecule has 6 heteroatoms. The number of carbonyl (C=O) groups is 1. The van der Waals surface area contributed by atoms with Gasteiger partial charge >= 0.3 is 0 Å². The summed E-state index contributed by atoms with van der Waals surface area (Å²) >= 11 is 0. The molecule has 1 aromatic carbocycles. The van der Waals surface area contributed by atoms with Crippen molar-refractivity contribution in [2.75, 3.05) is 20.8 Å². The SMILES string of the molecule is CCC(N)Cc1cc(OC)c(OCC(N)=O)c(OC)c1. The molecule has 0 heterocycles. The predicted molar refractivity (Wildman–Crippen MR) is 76.2 cm³/mol. The molecule has 0 bridgehead atoms. The van der Waals surface area contributed by atoms with E-state index in [1.807, 2.05) is 19.1 Å². The minimum Gasteiger partial charge on any atom is -0.493 e. The van der Waals surface area contributed by atoms with E-state index in [9.17, 15) is 4.79 Å². The van der Waals surface area contributed by atoms with Gasteiger partial charge in [-0.3, -0.25) is 4.79 Å². The fraction of sp³-hybridized carbons (Fsp3) is 0.500. The van der Waals surface area contributed by atoms with E-state index < -0.39 is 5.91 Å². The van der Waals surface area contributed by atoms with Crippen molar-refractivity contribution in [3.05, 3.63) is 17.7 Å². The molecule has 1 unspecified atom stereocenters. The highest BCUT2D eigenvalue weighted by Crippen LogP contribution is 2.38. The first kappa shape index (κ1) is 16.1. The zero-order valence-corrected chi connectivity index (χ0v) is 12.1. The highest BCUT2D eigenvalue weighted by molar-refractivity contribution is 5.75. The molecule has 1 aromatic rings. The van der Waals surface area contributed by atoms with Crippen molar-refractivity contribution < 1.29 is 19.0 Å². The fourth-order valence-corrected chi connectivity index (χ4v) is 1.78. The van der Waals surface area contributed by atoms with E-state index in [0.717, 1.165) is 12.0 Å². The van der Waals surface area contributed by atoms with Gasteiger partial charge in [-0.25, -0.2) is 0 Å². The van der Waals surface area contributed by atoms with Gasteiger partial charge < -0.3 is 25.7 Å². The second-order valence-electron chi connectivity index (χ2n) is 4.46. The summed E-state index contributed by atoms with van der Waals surface area (Å²) in [6.07, 6.45) is 1.59. The number of methoxy groups -OCH3 is 2. The molecular formula is C14H22N2O4. The molecule has 0 aromatic heterocycles. The molecule has 112 valence electrons. The zero-order chi connectivity index (χ0) is 15.1. The molecule has 1 atom stereocenters. The molecule has 4 N–H and O–H groups in total. The Kier molecular flexibility index (Phi) is 6.11. The standard InChI is InChI=1S/C14H22N2O4/c1-4-10(15)5-9-6-11(18-2)14(12(7-9)19-3)20-8-13(16)17/h6-7,10H,4-5,8,15H2,1-3H3,(H2,16,17). The summed E-state index contributed by atoms with van der Waals surface area (Å²) in [4.78, 5) is 10.8. The highest BCUT2D eigenvalue weighted by atomic mass is 16.5. The summed E-state index contributed by atoms with van der Waals surface area (Å²) in [6, 6.07) is 3.73. The first-order chi connectivity index (χ1) is 9.51. The van der Waals surface area contributed by atoms with Gasteiger partial charge in [0, 0.05) is 6.04 Å². The third-order valence-electron chi connectivity index (χ3n) is 2.90. The summed E-state index contributed by atoms with van der Waals surface area (Å²) in [5, 5.41) is 0. The first-order valence-corrected chi connectivity index (χ1v) is 6.43. The maximum atomic E-state index is 10.8. The first-order valence-electron chi connectivity index (χ1n) is 6.43. The van der Waals surface area contributed by atoms with Crippen molar-refractivity contribution in [2.45, 2.75) is 25.8 Å². The van der Waals surface area contributed by atoms with Crippen LogP contribution in [0.1, 0.15) is 18.9 Å². The van der Waals surface area contributed by atoms with Gasteiger partial charge in [-0.2, -0.15) is 0 Å². The topological polar surface area (TPSA) is 96.8 Å².